The molecule has 0 radical (unpaired) electrons. The topological polar surface area (TPSA) is 59.1 Å². The predicted molar refractivity (Wildman–Crippen MR) is 90.9 cm³/mol. The Morgan fingerprint density at radius 2 is 1.96 bits per heavy atom. The quantitative estimate of drug-likeness (QED) is 0.829. The highest BCUT2D eigenvalue weighted by atomic mass is 35.5. The Kier molecular flexibility index (Phi) is 6.20. The van der Waals surface area contributed by atoms with E-state index in [0.29, 0.717) is 16.8 Å². The highest BCUT2D eigenvalue weighted by Gasteiger charge is 2.17. The van der Waals surface area contributed by atoms with Gasteiger partial charge in [-0.2, -0.15) is 0 Å². The fourth-order valence-corrected chi connectivity index (χ4v) is 2.71. The van der Waals surface area contributed by atoms with Crippen LogP contribution in [0, 0.1) is 0 Å². The molecule has 0 aliphatic rings. The Hall–Kier alpha value is -2.34. The van der Waals surface area contributed by atoms with Crippen molar-refractivity contribution in [2.45, 2.75) is 32.7 Å². The average molecular weight is 367 g/mol. The fourth-order valence-electron chi connectivity index (χ4n) is 2.36. The molecule has 1 aromatic heterocycles. The van der Waals surface area contributed by atoms with Crippen LogP contribution in [0.2, 0.25) is 5.02 Å². The van der Waals surface area contributed by atoms with E-state index in [1.807, 2.05) is 0 Å². The minimum Gasteiger partial charge on any atom is -0.345 e. The molecule has 1 unspecified atom stereocenters. The van der Waals surface area contributed by atoms with Gasteiger partial charge >= 0.3 is 0 Å². The van der Waals surface area contributed by atoms with Gasteiger partial charge in [0.1, 0.15) is 5.78 Å². The number of nitrogens with zero attached hydrogens (tertiary/aromatic N) is 1. The third-order valence-corrected chi connectivity index (χ3v) is 3.93. The number of nitrogens with one attached hydrogen (secondary N) is 1. The zero-order valence-electron chi connectivity index (χ0n) is 13.7. The first-order valence-corrected chi connectivity index (χ1v) is 7.98. The number of carbonyl (C=O) groups excluding carboxylic acids is 2. The van der Waals surface area contributed by atoms with Gasteiger partial charge in [0.05, 0.1) is 6.04 Å². The number of ketones is 1. The van der Waals surface area contributed by atoms with E-state index in [1.54, 1.807) is 13.0 Å². The summed E-state index contributed by atoms with van der Waals surface area (Å²) in [7, 11) is 0. The zero-order chi connectivity index (χ0) is 18.6. The molecule has 1 amide bonds. The SMILES string of the molecule is CC(=O)Cc1cc(C(=O)NC(C)c2ccc(C(F)F)cc2Cl)ccn1. The van der Waals surface area contributed by atoms with E-state index >= 15 is 0 Å². The maximum Gasteiger partial charge on any atom is 0.263 e. The molecule has 0 bridgehead atoms. The number of pyridine rings is 1. The lowest BCUT2D eigenvalue weighted by molar-refractivity contribution is -0.116. The lowest BCUT2D eigenvalue weighted by Crippen LogP contribution is -2.27. The summed E-state index contributed by atoms with van der Waals surface area (Å²) >= 11 is 6.05. The third-order valence-electron chi connectivity index (χ3n) is 3.60. The van der Waals surface area contributed by atoms with Crippen molar-refractivity contribution in [2.75, 3.05) is 0 Å². The van der Waals surface area contributed by atoms with Crippen molar-refractivity contribution in [3.8, 4) is 0 Å². The number of Topliss-reactive ketones (excluding diaryl/α,β-unsaturated/α-hetero) is 1. The van der Waals surface area contributed by atoms with Gasteiger partial charge in [-0.25, -0.2) is 8.78 Å². The number of alkyl halides is 2. The van der Waals surface area contributed by atoms with Gasteiger partial charge in [-0.3, -0.25) is 14.6 Å². The normalized spacial score (nSPS) is 12.1. The predicted octanol–water partition coefficient (Wildman–Crippen LogP) is 4.30. The summed E-state index contributed by atoms with van der Waals surface area (Å²) in [5.41, 5.74) is 1.23. The molecule has 1 heterocycles. The zero-order valence-corrected chi connectivity index (χ0v) is 14.5. The molecule has 4 nitrogen and oxygen atoms in total. The van der Waals surface area contributed by atoms with Crippen LogP contribution in [-0.2, 0) is 11.2 Å². The van der Waals surface area contributed by atoms with Crippen molar-refractivity contribution in [3.63, 3.8) is 0 Å². The van der Waals surface area contributed by atoms with Crippen molar-refractivity contribution in [1.29, 1.82) is 0 Å². The van der Waals surface area contributed by atoms with Crippen LogP contribution in [-0.4, -0.2) is 16.7 Å². The molecule has 0 saturated carbocycles. The second kappa shape index (κ2) is 8.16. The van der Waals surface area contributed by atoms with Crippen molar-refractivity contribution in [3.05, 3.63) is 63.9 Å². The molecule has 1 N–H and O–H groups in total. The number of hydrogen-bond acceptors (Lipinski definition) is 3. The molecule has 2 rings (SSSR count). The Morgan fingerprint density at radius 3 is 2.56 bits per heavy atom. The highest BCUT2D eigenvalue weighted by Crippen LogP contribution is 2.28. The van der Waals surface area contributed by atoms with Gasteiger partial charge < -0.3 is 5.32 Å². The van der Waals surface area contributed by atoms with Gasteiger partial charge in [0.25, 0.3) is 12.3 Å². The van der Waals surface area contributed by atoms with Crippen LogP contribution >= 0.6 is 11.6 Å². The van der Waals surface area contributed by atoms with Crippen LogP contribution < -0.4 is 5.32 Å². The molecule has 1 atom stereocenters. The monoisotopic (exact) mass is 366 g/mol. The Labute approximate surface area is 149 Å². The smallest absolute Gasteiger partial charge is 0.263 e. The molecule has 132 valence electrons. The second-order valence-corrected chi connectivity index (χ2v) is 6.10. The van der Waals surface area contributed by atoms with E-state index in [9.17, 15) is 18.4 Å². The van der Waals surface area contributed by atoms with E-state index < -0.39 is 12.5 Å². The largest absolute Gasteiger partial charge is 0.345 e. The first kappa shape index (κ1) is 19.0. The van der Waals surface area contributed by atoms with Crippen LogP contribution in [0.3, 0.4) is 0 Å². The van der Waals surface area contributed by atoms with Crippen LogP contribution in [0.15, 0.2) is 36.5 Å². The molecule has 0 aliphatic heterocycles. The summed E-state index contributed by atoms with van der Waals surface area (Å²) in [6.07, 6.45) is -0.993. The van der Waals surface area contributed by atoms with Crippen molar-refractivity contribution in [1.82, 2.24) is 10.3 Å². The van der Waals surface area contributed by atoms with Crippen LogP contribution in [0.25, 0.3) is 0 Å². The van der Waals surface area contributed by atoms with E-state index in [-0.39, 0.29) is 28.7 Å². The third kappa shape index (κ3) is 5.06. The van der Waals surface area contributed by atoms with E-state index in [2.05, 4.69) is 10.3 Å². The molecular weight excluding hydrogens is 350 g/mol. The van der Waals surface area contributed by atoms with Crippen molar-refractivity contribution >= 4 is 23.3 Å². The summed E-state index contributed by atoms with van der Waals surface area (Å²) in [6, 6.07) is 6.56. The van der Waals surface area contributed by atoms with Gasteiger partial charge in [-0.15, -0.1) is 0 Å². The average Bonchev–Trinajstić information content (AvgIpc) is 2.54. The highest BCUT2D eigenvalue weighted by molar-refractivity contribution is 6.31. The van der Waals surface area contributed by atoms with Gasteiger partial charge in [-0.1, -0.05) is 23.7 Å². The summed E-state index contributed by atoms with van der Waals surface area (Å²) in [5.74, 6) is -0.418. The van der Waals surface area contributed by atoms with Gasteiger partial charge in [0.15, 0.2) is 0 Å². The van der Waals surface area contributed by atoms with Gasteiger partial charge in [0.2, 0.25) is 0 Å². The van der Waals surface area contributed by atoms with E-state index in [4.69, 9.17) is 11.6 Å². The fraction of sp³-hybridized carbons (Fsp3) is 0.278. The first-order valence-electron chi connectivity index (χ1n) is 7.60. The number of halogens is 3. The first-order chi connectivity index (χ1) is 11.8. The molecule has 25 heavy (non-hydrogen) atoms. The summed E-state index contributed by atoms with van der Waals surface area (Å²) in [5, 5.41) is 2.92. The number of amides is 1. The molecule has 7 heteroatoms. The van der Waals surface area contributed by atoms with Gasteiger partial charge in [-0.05, 0) is 37.6 Å². The van der Waals surface area contributed by atoms with E-state index in [1.165, 1.54) is 37.4 Å². The second-order valence-electron chi connectivity index (χ2n) is 5.69. The van der Waals surface area contributed by atoms with Crippen LogP contribution in [0.1, 0.15) is 53.5 Å². The lowest BCUT2D eigenvalue weighted by atomic mass is 10.1. The standard InChI is InChI=1S/C18H17ClF2N2O2/c1-10(24)7-14-8-13(5-6-22-14)18(25)23-11(2)15-4-3-12(17(20)21)9-16(15)19/h3-6,8-9,11,17H,7H2,1-2H3,(H,23,25). The minimum absolute atomic E-state index is 0.0515. The Bertz CT molecular complexity index is 796. The molecule has 0 spiro atoms. The summed E-state index contributed by atoms with van der Waals surface area (Å²) in [4.78, 5) is 27.6. The van der Waals surface area contributed by atoms with Crippen molar-refractivity contribution in [2.24, 2.45) is 0 Å². The Morgan fingerprint density at radius 1 is 1.24 bits per heavy atom. The van der Waals surface area contributed by atoms with Crippen LogP contribution in [0.5, 0.6) is 0 Å². The van der Waals surface area contributed by atoms with E-state index in [0.717, 1.165) is 0 Å². The number of rotatable bonds is 6. The number of carbonyl (C=O) groups is 2. The lowest BCUT2D eigenvalue weighted by Gasteiger charge is -2.17. The minimum atomic E-state index is -2.60. The summed E-state index contributed by atoms with van der Waals surface area (Å²) < 4.78 is 25.4. The molecule has 2 aromatic rings. The molecule has 0 fully saturated rings. The maximum atomic E-state index is 12.7. The number of aromatic nitrogens is 1. The number of hydrogen-bond donors (Lipinski definition) is 1. The molecule has 0 saturated heterocycles. The van der Waals surface area contributed by atoms with Crippen LogP contribution in [0.4, 0.5) is 8.78 Å². The Balaban J connectivity index is 2.13. The number of benzene rings is 1. The van der Waals surface area contributed by atoms with Gasteiger partial charge in [0, 0.05) is 34.5 Å². The van der Waals surface area contributed by atoms with Crippen molar-refractivity contribution < 1.29 is 18.4 Å². The molecule has 0 aliphatic carbocycles. The molecular formula is C18H17ClF2N2O2. The molecule has 1 aromatic carbocycles. The maximum absolute atomic E-state index is 12.7. The summed E-state index contributed by atoms with van der Waals surface area (Å²) in [6.45, 7) is 3.15.